The quantitative estimate of drug-likeness (QED) is 0.743. The van der Waals surface area contributed by atoms with Crippen molar-refractivity contribution >= 4 is 11.8 Å². The molecule has 0 aromatic heterocycles. The van der Waals surface area contributed by atoms with Crippen LogP contribution in [0, 0.1) is 0 Å². The molecule has 3 N–H and O–H groups in total. The third-order valence-electron chi connectivity index (χ3n) is 3.40. The number of phenols is 1. The standard InChI is InChI=1S/C15H21NO4/c1-14(2,3)20-13(19)16-11-5-4-10(8-12(11)18)15(9-17)6-7-15/h4-5,8,17-18H,6-7,9H2,1-3H3,(H,16,19). The van der Waals surface area contributed by atoms with E-state index in [0.29, 0.717) is 5.69 Å². The molecule has 1 saturated carbocycles. The molecule has 0 aliphatic heterocycles. The largest absolute Gasteiger partial charge is 0.506 e. The van der Waals surface area contributed by atoms with Gasteiger partial charge in [-0.3, -0.25) is 5.32 Å². The van der Waals surface area contributed by atoms with Gasteiger partial charge in [-0.2, -0.15) is 0 Å². The van der Waals surface area contributed by atoms with E-state index in [1.54, 1.807) is 32.9 Å². The Balaban J connectivity index is 2.09. The zero-order valence-corrected chi connectivity index (χ0v) is 12.1. The summed E-state index contributed by atoms with van der Waals surface area (Å²) in [5.41, 5.74) is 0.403. The third-order valence-corrected chi connectivity index (χ3v) is 3.40. The Bertz CT molecular complexity index is 515. The molecule has 5 heteroatoms. The summed E-state index contributed by atoms with van der Waals surface area (Å²) in [5, 5.41) is 21.9. The fourth-order valence-corrected chi connectivity index (χ4v) is 2.07. The van der Waals surface area contributed by atoms with Crippen LogP contribution in [-0.2, 0) is 10.2 Å². The van der Waals surface area contributed by atoms with E-state index in [9.17, 15) is 15.0 Å². The summed E-state index contributed by atoms with van der Waals surface area (Å²) in [5.74, 6) is -0.0203. The molecule has 1 aliphatic rings. The van der Waals surface area contributed by atoms with E-state index in [4.69, 9.17) is 4.74 Å². The van der Waals surface area contributed by atoms with Gasteiger partial charge in [-0.25, -0.2) is 4.79 Å². The highest BCUT2D eigenvalue weighted by atomic mass is 16.6. The first-order valence-electron chi connectivity index (χ1n) is 6.70. The number of hydrogen-bond donors (Lipinski definition) is 3. The lowest BCUT2D eigenvalue weighted by molar-refractivity contribution is 0.0635. The first kappa shape index (κ1) is 14.7. The van der Waals surface area contributed by atoms with Crippen LogP contribution in [0.5, 0.6) is 5.75 Å². The van der Waals surface area contributed by atoms with Crippen LogP contribution in [0.15, 0.2) is 18.2 Å². The maximum Gasteiger partial charge on any atom is 0.412 e. The zero-order chi connectivity index (χ0) is 15.0. The highest BCUT2D eigenvalue weighted by molar-refractivity contribution is 5.87. The van der Waals surface area contributed by atoms with Gasteiger partial charge >= 0.3 is 6.09 Å². The van der Waals surface area contributed by atoms with Gasteiger partial charge in [0.1, 0.15) is 11.4 Å². The summed E-state index contributed by atoms with van der Waals surface area (Å²) < 4.78 is 5.13. The highest BCUT2D eigenvalue weighted by Crippen LogP contribution is 2.48. The Kier molecular flexibility index (Phi) is 3.65. The van der Waals surface area contributed by atoms with Gasteiger partial charge in [0.25, 0.3) is 0 Å². The number of aromatic hydroxyl groups is 1. The maximum absolute atomic E-state index is 11.6. The van der Waals surface area contributed by atoms with Crippen molar-refractivity contribution in [1.82, 2.24) is 0 Å². The molecular weight excluding hydrogens is 258 g/mol. The van der Waals surface area contributed by atoms with Gasteiger partial charge in [0, 0.05) is 5.41 Å². The summed E-state index contributed by atoms with van der Waals surface area (Å²) in [6.07, 6.45) is 1.23. The molecule has 1 aliphatic carbocycles. The van der Waals surface area contributed by atoms with Crippen LogP contribution < -0.4 is 5.32 Å². The summed E-state index contributed by atoms with van der Waals surface area (Å²) in [6, 6.07) is 5.04. The summed E-state index contributed by atoms with van der Waals surface area (Å²) >= 11 is 0. The van der Waals surface area contributed by atoms with Crippen LogP contribution >= 0.6 is 0 Å². The number of benzene rings is 1. The van der Waals surface area contributed by atoms with Gasteiger partial charge in [-0.15, -0.1) is 0 Å². The van der Waals surface area contributed by atoms with Crippen LogP contribution in [-0.4, -0.2) is 28.5 Å². The lowest BCUT2D eigenvalue weighted by atomic mass is 9.96. The molecule has 0 bridgehead atoms. The van der Waals surface area contributed by atoms with Crippen molar-refractivity contribution in [3.63, 3.8) is 0 Å². The van der Waals surface area contributed by atoms with Crippen LogP contribution in [0.4, 0.5) is 10.5 Å². The predicted octanol–water partition coefficient (Wildman–Crippen LogP) is 2.76. The van der Waals surface area contributed by atoms with Gasteiger partial charge in [-0.05, 0) is 51.3 Å². The molecule has 1 aromatic carbocycles. The number of hydrogen-bond acceptors (Lipinski definition) is 4. The molecule has 0 atom stereocenters. The molecule has 110 valence electrons. The monoisotopic (exact) mass is 279 g/mol. The molecule has 0 unspecified atom stereocenters. The Labute approximate surface area is 118 Å². The lowest BCUT2D eigenvalue weighted by Crippen LogP contribution is -2.27. The Morgan fingerprint density at radius 3 is 2.50 bits per heavy atom. The number of amides is 1. The van der Waals surface area contributed by atoms with E-state index < -0.39 is 11.7 Å². The number of carbonyl (C=O) groups is 1. The Morgan fingerprint density at radius 1 is 1.40 bits per heavy atom. The smallest absolute Gasteiger partial charge is 0.412 e. The van der Waals surface area contributed by atoms with Crippen molar-refractivity contribution in [3.8, 4) is 5.75 Å². The van der Waals surface area contributed by atoms with Crippen LogP contribution in [0.2, 0.25) is 0 Å². The number of phenolic OH excluding ortho intramolecular Hbond substituents is 1. The normalized spacial score (nSPS) is 16.6. The van der Waals surface area contributed by atoms with Crippen molar-refractivity contribution < 1.29 is 19.7 Å². The second-order valence-corrected chi connectivity index (χ2v) is 6.30. The van der Waals surface area contributed by atoms with Gasteiger partial charge < -0.3 is 14.9 Å². The van der Waals surface area contributed by atoms with Crippen LogP contribution in [0.3, 0.4) is 0 Å². The third kappa shape index (κ3) is 3.22. The molecule has 0 radical (unpaired) electrons. The number of aliphatic hydroxyl groups is 1. The average molecular weight is 279 g/mol. The zero-order valence-electron chi connectivity index (χ0n) is 12.1. The van der Waals surface area contributed by atoms with Crippen molar-refractivity contribution in [3.05, 3.63) is 23.8 Å². The summed E-state index contributed by atoms with van der Waals surface area (Å²) in [7, 11) is 0. The molecule has 0 heterocycles. The van der Waals surface area contributed by atoms with E-state index >= 15 is 0 Å². The van der Waals surface area contributed by atoms with E-state index in [1.165, 1.54) is 0 Å². The molecule has 20 heavy (non-hydrogen) atoms. The first-order chi connectivity index (χ1) is 9.26. The van der Waals surface area contributed by atoms with Gasteiger partial charge in [0.05, 0.1) is 12.3 Å². The number of ether oxygens (including phenoxy) is 1. The fraction of sp³-hybridized carbons (Fsp3) is 0.533. The van der Waals surface area contributed by atoms with Gasteiger partial charge in [0.2, 0.25) is 0 Å². The van der Waals surface area contributed by atoms with Gasteiger partial charge in [0.15, 0.2) is 0 Å². The number of anilines is 1. The number of aliphatic hydroxyl groups excluding tert-OH is 1. The number of nitrogens with one attached hydrogen (secondary N) is 1. The number of rotatable bonds is 3. The molecule has 0 spiro atoms. The number of carbonyl (C=O) groups excluding carboxylic acids is 1. The molecule has 0 saturated heterocycles. The summed E-state index contributed by atoms with van der Waals surface area (Å²) in [6.45, 7) is 5.39. The van der Waals surface area contributed by atoms with Crippen molar-refractivity contribution in [2.24, 2.45) is 0 Å². The molecule has 1 amide bonds. The molecule has 1 fully saturated rings. The minimum atomic E-state index is -0.608. The second kappa shape index (κ2) is 4.98. The van der Waals surface area contributed by atoms with Crippen molar-refractivity contribution in [2.75, 3.05) is 11.9 Å². The molecule has 2 rings (SSSR count). The van der Waals surface area contributed by atoms with Crippen LogP contribution in [0.25, 0.3) is 0 Å². The summed E-state index contributed by atoms with van der Waals surface area (Å²) in [4.78, 5) is 11.6. The van der Waals surface area contributed by atoms with E-state index in [2.05, 4.69) is 5.32 Å². The highest BCUT2D eigenvalue weighted by Gasteiger charge is 2.43. The van der Waals surface area contributed by atoms with Crippen molar-refractivity contribution in [2.45, 2.75) is 44.6 Å². The second-order valence-electron chi connectivity index (χ2n) is 6.30. The minimum Gasteiger partial charge on any atom is -0.506 e. The van der Waals surface area contributed by atoms with Crippen LogP contribution in [0.1, 0.15) is 39.2 Å². The van der Waals surface area contributed by atoms with E-state index in [-0.39, 0.29) is 17.8 Å². The fourth-order valence-electron chi connectivity index (χ4n) is 2.07. The Hall–Kier alpha value is -1.75. The topological polar surface area (TPSA) is 78.8 Å². The molecule has 1 aromatic rings. The van der Waals surface area contributed by atoms with Crippen molar-refractivity contribution in [1.29, 1.82) is 0 Å². The Morgan fingerprint density at radius 2 is 2.05 bits per heavy atom. The minimum absolute atomic E-state index is 0.0203. The van der Waals surface area contributed by atoms with E-state index in [0.717, 1.165) is 18.4 Å². The molecule has 5 nitrogen and oxygen atoms in total. The lowest BCUT2D eigenvalue weighted by Gasteiger charge is -2.20. The van der Waals surface area contributed by atoms with E-state index in [1.807, 2.05) is 6.07 Å². The molecular formula is C15H21NO4. The maximum atomic E-state index is 11.6. The predicted molar refractivity (Wildman–Crippen MR) is 76.0 cm³/mol. The average Bonchev–Trinajstić information content (AvgIpc) is 3.10. The SMILES string of the molecule is CC(C)(C)OC(=O)Nc1ccc(C2(CO)CC2)cc1O. The first-order valence-corrected chi connectivity index (χ1v) is 6.70. The van der Waals surface area contributed by atoms with Gasteiger partial charge in [-0.1, -0.05) is 6.07 Å².